The monoisotopic (exact) mass is 782 g/mol. The first-order chi connectivity index (χ1) is 26.4. The summed E-state index contributed by atoms with van der Waals surface area (Å²) in [5.74, 6) is 1.54. The van der Waals surface area contributed by atoms with E-state index in [9.17, 15) is 13.8 Å². The fourth-order valence-corrected chi connectivity index (χ4v) is 11.7. The number of ether oxygens (including phenoxy) is 1. The summed E-state index contributed by atoms with van der Waals surface area (Å²) in [6.45, 7) is 9.15. The zero-order chi connectivity index (χ0) is 38.2. The standard InChI is InChI=1S/C41H56N4O4S.CH3Cl.CH4O/c1-29-8-6-13-36(44-22-21-43-20-5-4-11-33(43)26-44)34-16-14-32(34)25-45-27-41(19-7-10-30-9-2-3-12-35(30)41)28-49-38-17-15-31(24-37(38)45)40(47)42-50(48)39(29)18-23-46;2*1-2/h3,6,12-13,15,17,23-24,29,32-34,36,39H,2,4-5,7-11,14,16,18-22,25-28H2,1H3,(H,42,47);1H3;2H,1H3/b13-6+;;. The number of piperazine rings is 1. The molecule has 3 fully saturated rings. The molecule has 1 aromatic carbocycles. The number of halogens is 1. The van der Waals surface area contributed by atoms with Crippen LogP contribution in [0.1, 0.15) is 94.3 Å². The molecule has 54 heavy (non-hydrogen) atoms. The van der Waals surface area contributed by atoms with Crippen molar-refractivity contribution < 1.29 is 23.6 Å². The Labute approximate surface area is 331 Å². The van der Waals surface area contributed by atoms with Crippen molar-refractivity contribution in [3.05, 3.63) is 59.2 Å². The van der Waals surface area contributed by atoms with Gasteiger partial charge in [-0.05, 0) is 112 Å². The maximum atomic E-state index is 13.7. The molecule has 2 N–H and O–H groups in total. The Hall–Kier alpha value is -2.50. The lowest BCUT2D eigenvalue weighted by Gasteiger charge is -2.52. The number of aldehydes is 1. The van der Waals surface area contributed by atoms with Gasteiger partial charge in [-0.25, -0.2) is 4.21 Å². The summed E-state index contributed by atoms with van der Waals surface area (Å²) < 4.78 is 23.2. The molecule has 8 rings (SSSR count). The maximum Gasteiger partial charge on any atom is 0.263 e. The molecule has 1 saturated carbocycles. The van der Waals surface area contributed by atoms with Gasteiger partial charge in [0.1, 0.15) is 23.0 Å². The number of nitrogens with one attached hydrogen (secondary N) is 1. The van der Waals surface area contributed by atoms with Gasteiger partial charge in [0.15, 0.2) is 0 Å². The van der Waals surface area contributed by atoms with Crippen LogP contribution in [0, 0.1) is 23.2 Å². The molecule has 11 heteroatoms. The van der Waals surface area contributed by atoms with E-state index in [0.717, 1.165) is 83.2 Å². The van der Waals surface area contributed by atoms with Crippen molar-refractivity contribution in [3.8, 4) is 5.75 Å². The van der Waals surface area contributed by atoms with Crippen LogP contribution in [-0.2, 0) is 15.8 Å². The van der Waals surface area contributed by atoms with E-state index in [2.05, 4.69) is 62.3 Å². The quantitative estimate of drug-likeness (QED) is 0.199. The van der Waals surface area contributed by atoms with Gasteiger partial charge in [0.2, 0.25) is 0 Å². The normalized spacial score (nSPS) is 34.8. The second kappa shape index (κ2) is 19.1. The fourth-order valence-electron chi connectivity index (χ4n) is 10.5. The van der Waals surface area contributed by atoms with Crippen molar-refractivity contribution in [3.63, 3.8) is 0 Å². The molecule has 2 saturated heterocycles. The van der Waals surface area contributed by atoms with Gasteiger partial charge in [0.25, 0.3) is 5.91 Å². The Bertz CT molecular complexity index is 1580. The Kier molecular flexibility index (Phi) is 14.5. The van der Waals surface area contributed by atoms with Crippen LogP contribution >= 0.6 is 11.6 Å². The van der Waals surface area contributed by atoms with Crippen LogP contribution in [0.2, 0.25) is 0 Å². The molecule has 298 valence electrons. The molecule has 1 aromatic rings. The van der Waals surface area contributed by atoms with E-state index in [0.29, 0.717) is 36.1 Å². The van der Waals surface area contributed by atoms with E-state index in [1.54, 1.807) is 5.57 Å². The molecule has 2 bridgehead atoms. The smallest absolute Gasteiger partial charge is 0.263 e. The first kappa shape index (κ1) is 41.1. The van der Waals surface area contributed by atoms with Crippen molar-refractivity contribution in [2.75, 3.05) is 64.3 Å². The van der Waals surface area contributed by atoms with E-state index in [4.69, 9.17) is 9.84 Å². The Morgan fingerprint density at radius 3 is 2.67 bits per heavy atom. The maximum absolute atomic E-state index is 13.7. The van der Waals surface area contributed by atoms with Crippen molar-refractivity contribution >= 4 is 40.5 Å². The lowest BCUT2D eigenvalue weighted by atomic mass is 9.66. The zero-order valence-electron chi connectivity index (χ0n) is 32.7. The summed E-state index contributed by atoms with van der Waals surface area (Å²) in [7, 11) is -0.698. The SMILES string of the molecule is CC1C/C=C/C(N2CCN3CCCCC3C2)C2CCC2CN2CC3(CCCC4=C3C=CCC4)COc3ccc(cc32)C(=O)NS(=O)C1CC=O.CCl.CO. The van der Waals surface area contributed by atoms with Crippen LogP contribution in [0.15, 0.2) is 53.6 Å². The third-order valence-corrected chi connectivity index (χ3v) is 15.1. The number of benzene rings is 1. The van der Waals surface area contributed by atoms with Gasteiger partial charge in [-0.2, -0.15) is 0 Å². The van der Waals surface area contributed by atoms with Crippen LogP contribution in [-0.4, -0.2) is 108 Å². The Morgan fingerprint density at radius 2 is 1.87 bits per heavy atom. The average Bonchev–Trinajstić information content (AvgIpc) is 3.35. The number of allylic oxidation sites excluding steroid dienone is 4. The van der Waals surface area contributed by atoms with Gasteiger partial charge >= 0.3 is 0 Å². The number of piperidine rings is 1. The van der Waals surface area contributed by atoms with E-state index in [1.807, 2.05) is 18.2 Å². The van der Waals surface area contributed by atoms with Crippen LogP contribution in [0.25, 0.3) is 0 Å². The minimum absolute atomic E-state index is 0.0193. The van der Waals surface area contributed by atoms with Crippen molar-refractivity contribution in [1.82, 2.24) is 14.5 Å². The number of rotatable bonds is 3. The first-order valence-electron chi connectivity index (χ1n) is 20.5. The second-order valence-corrected chi connectivity index (χ2v) is 17.8. The number of aliphatic hydroxyl groups is 1. The lowest BCUT2D eigenvalue weighted by Crippen LogP contribution is -2.60. The molecular formula is C43H63ClN4O5S. The number of aliphatic hydroxyl groups excluding tert-OH is 1. The molecule has 1 spiro atoms. The van der Waals surface area contributed by atoms with E-state index in [-0.39, 0.29) is 23.7 Å². The number of hydrogen-bond donors (Lipinski definition) is 2. The summed E-state index contributed by atoms with van der Waals surface area (Å²) >= 11 is 4.64. The van der Waals surface area contributed by atoms with Gasteiger partial charge < -0.3 is 19.5 Å². The number of fused-ring (bicyclic) bond motifs is 4. The lowest BCUT2D eigenvalue weighted by molar-refractivity contribution is -0.108. The van der Waals surface area contributed by atoms with Gasteiger partial charge in [-0.15, -0.1) is 11.6 Å². The van der Waals surface area contributed by atoms with Crippen molar-refractivity contribution in [2.45, 2.75) is 101 Å². The molecule has 8 atom stereocenters. The molecule has 8 unspecified atom stereocenters. The highest BCUT2D eigenvalue weighted by molar-refractivity contribution is 7.84. The molecule has 4 aliphatic heterocycles. The number of hydrogen-bond acceptors (Lipinski definition) is 8. The molecule has 0 aromatic heterocycles. The third kappa shape index (κ3) is 8.73. The highest BCUT2D eigenvalue weighted by atomic mass is 35.5. The minimum atomic E-state index is -1.70. The highest BCUT2D eigenvalue weighted by Gasteiger charge is 2.46. The van der Waals surface area contributed by atoms with Crippen LogP contribution in [0.5, 0.6) is 5.75 Å². The molecule has 1 amide bonds. The Morgan fingerprint density at radius 1 is 1.04 bits per heavy atom. The van der Waals surface area contributed by atoms with Crippen LogP contribution in [0.4, 0.5) is 5.69 Å². The topological polar surface area (TPSA) is 102 Å². The fraction of sp³-hybridized carbons (Fsp3) is 0.674. The summed E-state index contributed by atoms with van der Waals surface area (Å²) in [6, 6.07) is 6.76. The summed E-state index contributed by atoms with van der Waals surface area (Å²) in [4.78, 5) is 33.5. The summed E-state index contributed by atoms with van der Waals surface area (Å²) in [6.07, 6.45) is 24.9. The van der Waals surface area contributed by atoms with Gasteiger partial charge in [0.05, 0.1) is 17.5 Å². The number of amides is 1. The summed E-state index contributed by atoms with van der Waals surface area (Å²) in [5.41, 5.74) is 4.49. The van der Waals surface area contributed by atoms with Crippen molar-refractivity contribution in [2.24, 2.45) is 23.2 Å². The molecule has 4 heterocycles. The van der Waals surface area contributed by atoms with E-state index >= 15 is 0 Å². The molecule has 3 aliphatic carbocycles. The number of nitrogens with zero attached hydrogens (tertiary/aromatic N) is 3. The third-order valence-electron chi connectivity index (χ3n) is 13.5. The predicted molar refractivity (Wildman–Crippen MR) is 220 cm³/mol. The molecular weight excluding hydrogens is 720 g/mol. The van der Waals surface area contributed by atoms with Gasteiger partial charge in [0, 0.05) is 75.7 Å². The highest BCUT2D eigenvalue weighted by Crippen LogP contribution is 2.50. The number of anilines is 1. The van der Waals surface area contributed by atoms with Gasteiger partial charge in [-0.1, -0.05) is 43.2 Å². The molecule has 0 radical (unpaired) electrons. The second-order valence-electron chi connectivity index (χ2n) is 16.4. The number of alkyl halides is 1. The average molecular weight is 784 g/mol. The zero-order valence-corrected chi connectivity index (χ0v) is 34.3. The number of carbonyl (C=O) groups is 2. The Balaban J connectivity index is 0.00000120. The summed E-state index contributed by atoms with van der Waals surface area (Å²) in [5, 5.41) is 6.55. The van der Waals surface area contributed by atoms with E-state index in [1.165, 1.54) is 63.4 Å². The van der Waals surface area contributed by atoms with Crippen LogP contribution in [0.3, 0.4) is 0 Å². The van der Waals surface area contributed by atoms with Crippen LogP contribution < -0.4 is 14.4 Å². The van der Waals surface area contributed by atoms with E-state index < -0.39 is 16.2 Å². The largest absolute Gasteiger partial charge is 0.490 e. The number of carbonyl (C=O) groups excluding carboxylic acids is 2. The predicted octanol–water partition coefficient (Wildman–Crippen LogP) is 6.68. The molecule has 9 nitrogen and oxygen atoms in total. The first-order valence-corrected chi connectivity index (χ1v) is 22.4. The molecule has 7 aliphatic rings. The minimum Gasteiger partial charge on any atom is -0.490 e. The van der Waals surface area contributed by atoms with Crippen molar-refractivity contribution in [1.29, 1.82) is 0 Å². The van der Waals surface area contributed by atoms with Gasteiger partial charge in [-0.3, -0.25) is 19.3 Å².